The molecule has 50 heavy (non-hydrogen) atoms. The zero-order chi connectivity index (χ0) is 33.4. The standard InChI is InChI=1S/C36H22N10O3S/c47-36-46-32-23(17-21(19-29(32)49-36)42-35-40-14-10-27(44-35)25-7-2-4-12-38-25)22-16-20(18-28-31(22)45-33(48-28)30-8-5-15-50-30)41-34-39-13-9-26(43-34)24-6-1-3-11-37-24/h1-19H,(H,46,47)(H,39,41,43)(H,40,42,44). The van der Waals surface area contributed by atoms with Crippen LogP contribution in [0, 0.1) is 0 Å². The minimum Gasteiger partial charge on any atom is -0.435 e. The van der Waals surface area contributed by atoms with Crippen LogP contribution in [0.2, 0.25) is 0 Å². The molecule has 0 unspecified atom stereocenters. The summed E-state index contributed by atoms with van der Waals surface area (Å²) in [5.74, 6) is 0.561. The summed E-state index contributed by atoms with van der Waals surface area (Å²) in [6.07, 6.45) is 6.74. The third-order valence-corrected chi connectivity index (χ3v) is 8.58. The van der Waals surface area contributed by atoms with Gasteiger partial charge >= 0.3 is 5.76 Å². The molecular weight excluding hydrogens is 653 g/mol. The Morgan fingerprint density at radius 2 is 1.26 bits per heavy atom. The van der Waals surface area contributed by atoms with Crippen molar-refractivity contribution in [1.29, 1.82) is 0 Å². The summed E-state index contributed by atoms with van der Waals surface area (Å²) in [5, 5.41) is 8.55. The van der Waals surface area contributed by atoms with Gasteiger partial charge in [0.15, 0.2) is 11.2 Å². The number of aromatic nitrogens is 8. The van der Waals surface area contributed by atoms with Gasteiger partial charge in [0.1, 0.15) is 5.52 Å². The van der Waals surface area contributed by atoms with E-state index in [-0.39, 0.29) is 0 Å². The number of aromatic amines is 1. The summed E-state index contributed by atoms with van der Waals surface area (Å²) in [6, 6.07) is 26.1. The quantitative estimate of drug-likeness (QED) is 0.143. The largest absolute Gasteiger partial charge is 0.435 e. The van der Waals surface area contributed by atoms with Crippen LogP contribution in [0.15, 0.2) is 129 Å². The third kappa shape index (κ3) is 5.61. The molecule has 0 saturated heterocycles. The molecule has 0 radical (unpaired) electrons. The SMILES string of the molecule is O=c1[nH]c2c(-c3cc(Nc4nccc(-c5ccccn5)n4)cc4oc(-c5cccs5)nc34)cc(Nc3nccc(-c4ccccn4)n3)cc2o1. The normalized spacial score (nSPS) is 11.3. The number of pyridine rings is 2. The maximum absolute atomic E-state index is 12.6. The van der Waals surface area contributed by atoms with Crippen molar-refractivity contribution < 1.29 is 8.83 Å². The molecule has 0 aliphatic rings. The van der Waals surface area contributed by atoms with E-state index in [0.717, 1.165) is 10.6 Å². The fourth-order valence-electron chi connectivity index (χ4n) is 5.56. The monoisotopic (exact) mass is 674 g/mol. The summed E-state index contributed by atoms with van der Waals surface area (Å²) < 4.78 is 11.9. The highest BCUT2D eigenvalue weighted by Crippen LogP contribution is 2.40. The number of nitrogens with zero attached hydrogens (tertiary/aromatic N) is 7. The number of oxazole rings is 2. The van der Waals surface area contributed by atoms with Crippen molar-refractivity contribution in [3.05, 3.63) is 126 Å². The van der Waals surface area contributed by atoms with Crippen molar-refractivity contribution in [2.24, 2.45) is 0 Å². The lowest BCUT2D eigenvalue weighted by Crippen LogP contribution is -2.00. The molecule has 3 N–H and O–H groups in total. The predicted octanol–water partition coefficient (Wildman–Crippen LogP) is 7.85. The number of nitrogens with one attached hydrogen (secondary N) is 3. The maximum Gasteiger partial charge on any atom is 0.417 e. The van der Waals surface area contributed by atoms with Crippen LogP contribution in [0.1, 0.15) is 0 Å². The number of anilines is 4. The summed E-state index contributed by atoms with van der Waals surface area (Å²) >= 11 is 1.52. The smallest absolute Gasteiger partial charge is 0.417 e. The van der Waals surface area contributed by atoms with Gasteiger partial charge in [-0.15, -0.1) is 11.3 Å². The molecule has 0 amide bonds. The second kappa shape index (κ2) is 12.2. The van der Waals surface area contributed by atoms with Gasteiger partial charge in [-0.05, 0) is 60.0 Å². The Bertz CT molecular complexity index is 2690. The van der Waals surface area contributed by atoms with E-state index < -0.39 is 5.76 Å². The molecule has 7 aromatic heterocycles. The minimum absolute atomic E-state index is 0.329. The van der Waals surface area contributed by atoms with E-state index in [4.69, 9.17) is 13.8 Å². The first-order chi connectivity index (χ1) is 24.6. The first-order valence-electron chi connectivity index (χ1n) is 15.3. The first kappa shape index (κ1) is 29.1. The molecule has 0 aliphatic carbocycles. The number of thiophene rings is 1. The molecule has 9 aromatic rings. The highest BCUT2D eigenvalue weighted by molar-refractivity contribution is 7.13. The van der Waals surface area contributed by atoms with Gasteiger partial charge in [0.25, 0.3) is 0 Å². The average Bonchev–Trinajstić information content (AvgIpc) is 3.92. The number of fused-ring (bicyclic) bond motifs is 2. The van der Waals surface area contributed by atoms with Gasteiger partial charge in [0, 0.05) is 59.4 Å². The fraction of sp³-hybridized carbons (Fsp3) is 0. The predicted molar refractivity (Wildman–Crippen MR) is 190 cm³/mol. The topological polar surface area (TPSA) is 173 Å². The second-order valence-electron chi connectivity index (χ2n) is 11.0. The number of benzene rings is 2. The fourth-order valence-corrected chi connectivity index (χ4v) is 6.21. The molecule has 14 heteroatoms. The van der Waals surface area contributed by atoms with E-state index in [1.807, 2.05) is 72.1 Å². The van der Waals surface area contributed by atoms with Crippen molar-refractivity contribution in [2.45, 2.75) is 0 Å². The molecule has 0 saturated carbocycles. The number of H-pyrrole nitrogens is 1. The summed E-state index contributed by atoms with van der Waals surface area (Å²) in [5.41, 5.74) is 7.13. The van der Waals surface area contributed by atoms with Crippen molar-refractivity contribution in [3.8, 4) is 44.7 Å². The summed E-state index contributed by atoms with van der Waals surface area (Å²) in [4.78, 5) is 48.2. The lowest BCUT2D eigenvalue weighted by molar-refractivity contribution is 0.555. The third-order valence-electron chi connectivity index (χ3n) is 7.73. The van der Waals surface area contributed by atoms with Gasteiger partial charge in [-0.2, -0.15) is 0 Å². The van der Waals surface area contributed by atoms with Crippen LogP contribution in [-0.4, -0.2) is 39.9 Å². The van der Waals surface area contributed by atoms with Crippen LogP contribution in [-0.2, 0) is 0 Å². The zero-order valence-corrected chi connectivity index (χ0v) is 26.5. The molecular formula is C36H22N10O3S. The van der Waals surface area contributed by atoms with Gasteiger partial charge < -0.3 is 19.5 Å². The minimum atomic E-state index is -0.600. The number of hydrogen-bond acceptors (Lipinski definition) is 13. The second-order valence-corrected chi connectivity index (χ2v) is 11.9. The molecule has 0 fully saturated rings. The Labute approximate surface area is 285 Å². The summed E-state index contributed by atoms with van der Waals surface area (Å²) in [6.45, 7) is 0. The van der Waals surface area contributed by atoms with Crippen LogP contribution in [0.25, 0.3) is 66.9 Å². The van der Waals surface area contributed by atoms with Crippen LogP contribution < -0.4 is 16.4 Å². The molecule has 7 heterocycles. The molecule has 0 aliphatic heterocycles. The Balaban J connectivity index is 1.17. The van der Waals surface area contributed by atoms with Crippen LogP contribution >= 0.6 is 11.3 Å². The van der Waals surface area contributed by atoms with Gasteiger partial charge in [0.05, 0.1) is 33.2 Å². The van der Waals surface area contributed by atoms with Gasteiger partial charge in [-0.3, -0.25) is 15.0 Å². The van der Waals surface area contributed by atoms with Crippen molar-refractivity contribution in [3.63, 3.8) is 0 Å². The van der Waals surface area contributed by atoms with Gasteiger partial charge in [-0.1, -0.05) is 18.2 Å². The van der Waals surface area contributed by atoms with E-state index >= 15 is 0 Å². The average molecular weight is 675 g/mol. The highest BCUT2D eigenvalue weighted by atomic mass is 32.1. The molecule has 2 aromatic carbocycles. The molecule has 0 atom stereocenters. The molecule has 13 nitrogen and oxygen atoms in total. The number of hydrogen-bond donors (Lipinski definition) is 3. The van der Waals surface area contributed by atoms with Crippen molar-refractivity contribution in [1.82, 2.24) is 39.9 Å². The Hall–Kier alpha value is -7.06. The lowest BCUT2D eigenvalue weighted by Gasteiger charge is -2.12. The molecule has 0 bridgehead atoms. The van der Waals surface area contributed by atoms with Crippen molar-refractivity contribution >= 4 is 56.8 Å². The van der Waals surface area contributed by atoms with Gasteiger partial charge in [-0.25, -0.2) is 29.7 Å². The first-order valence-corrected chi connectivity index (χ1v) is 16.2. The highest BCUT2D eigenvalue weighted by Gasteiger charge is 2.20. The lowest BCUT2D eigenvalue weighted by atomic mass is 10.0. The molecule has 9 rings (SSSR count). The Morgan fingerprint density at radius 1 is 0.600 bits per heavy atom. The molecule has 0 spiro atoms. The maximum atomic E-state index is 12.6. The Morgan fingerprint density at radius 3 is 1.88 bits per heavy atom. The van der Waals surface area contributed by atoms with Gasteiger partial charge in [0.2, 0.25) is 17.8 Å². The van der Waals surface area contributed by atoms with Crippen LogP contribution in [0.3, 0.4) is 0 Å². The zero-order valence-electron chi connectivity index (χ0n) is 25.7. The van der Waals surface area contributed by atoms with Crippen LogP contribution in [0.5, 0.6) is 0 Å². The van der Waals surface area contributed by atoms with E-state index in [1.54, 1.807) is 43.0 Å². The van der Waals surface area contributed by atoms with E-state index in [2.05, 4.69) is 45.5 Å². The molecule has 240 valence electrons. The van der Waals surface area contributed by atoms with E-state index in [1.165, 1.54) is 11.3 Å². The van der Waals surface area contributed by atoms with Crippen molar-refractivity contribution in [2.75, 3.05) is 10.6 Å². The number of rotatable bonds is 8. The van der Waals surface area contributed by atoms with E-state index in [0.29, 0.717) is 79.6 Å². The Kier molecular flexibility index (Phi) is 7.10. The summed E-state index contributed by atoms with van der Waals surface area (Å²) in [7, 11) is 0. The van der Waals surface area contributed by atoms with Crippen LogP contribution in [0.4, 0.5) is 23.3 Å². The van der Waals surface area contributed by atoms with E-state index in [9.17, 15) is 4.79 Å².